The van der Waals surface area contributed by atoms with Crippen LogP contribution in [0.15, 0.2) is 48.5 Å². The highest BCUT2D eigenvalue weighted by atomic mass is 35.5. The second kappa shape index (κ2) is 7.55. The van der Waals surface area contributed by atoms with Gasteiger partial charge in [0.25, 0.3) is 5.91 Å². The molecule has 1 amide bonds. The van der Waals surface area contributed by atoms with Crippen LogP contribution in [0.2, 0.25) is 10.0 Å². The van der Waals surface area contributed by atoms with Gasteiger partial charge in [-0.15, -0.1) is 0 Å². The Labute approximate surface area is 173 Å². The molecule has 4 rings (SSSR count). The highest BCUT2D eigenvalue weighted by molar-refractivity contribution is 6.36. The van der Waals surface area contributed by atoms with Crippen molar-refractivity contribution in [3.8, 4) is 11.1 Å². The molecule has 0 unspecified atom stereocenters. The molecule has 0 radical (unpaired) electrons. The van der Waals surface area contributed by atoms with E-state index in [2.05, 4.69) is 4.98 Å². The minimum Gasteiger partial charge on any atom is -0.328 e. The molecule has 4 nitrogen and oxygen atoms in total. The van der Waals surface area contributed by atoms with Crippen molar-refractivity contribution in [2.24, 2.45) is 5.73 Å². The molecule has 28 heavy (non-hydrogen) atoms. The summed E-state index contributed by atoms with van der Waals surface area (Å²) in [5, 5.41) is 1.03. The summed E-state index contributed by atoms with van der Waals surface area (Å²) in [4.78, 5) is 19.8. The van der Waals surface area contributed by atoms with Gasteiger partial charge < -0.3 is 10.6 Å². The third-order valence-corrected chi connectivity index (χ3v) is 5.59. The summed E-state index contributed by atoms with van der Waals surface area (Å²) < 4.78 is 0. The van der Waals surface area contributed by atoms with Gasteiger partial charge in [0.05, 0.1) is 17.8 Å². The number of fused-ring (bicyclic) bond motifs is 1. The number of hydrogen-bond acceptors (Lipinski definition) is 3. The molecule has 1 aliphatic rings. The van der Waals surface area contributed by atoms with Crippen molar-refractivity contribution in [1.29, 1.82) is 0 Å². The van der Waals surface area contributed by atoms with E-state index in [0.29, 0.717) is 28.7 Å². The van der Waals surface area contributed by atoms with Crippen molar-refractivity contribution in [2.75, 3.05) is 0 Å². The van der Waals surface area contributed by atoms with E-state index in [9.17, 15) is 4.79 Å². The largest absolute Gasteiger partial charge is 0.328 e. The Morgan fingerprint density at radius 2 is 1.86 bits per heavy atom. The third kappa shape index (κ3) is 3.28. The number of aromatic nitrogens is 1. The fourth-order valence-corrected chi connectivity index (χ4v) is 4.23. The van der Waals surface area contributed by atoms with Crippen molar-refractivity contribution < 1.29 is 4.79 Å². The zero-order valence-corrected chi connectivity index (χ0v) is 16.9. The van der Waals surface area contributed by atoms with E-state index in [0.717, 1.165) is 33.6 Å². The number of nitrogens with two attached hydrogens (primary N) is 1. The number of aryl methyl sites for hydroxylation is 1. The van der Waals surface area contributed by atoms with Crippen LogP contribution in [-0.2, 0) is 19.6 Å². The van der Waals surface area contributed by atoms with Crippen LogP contribution in [0.3, 0.4) is 0 Å². The number of rotatable bonds is 4. The molecule has 1 aliphatic heterocycles. The SMILES string of the molecule is Cc1nc2c(c(-c3ccc(Cl)cc3Cl)c1CN)C(=O)N(Cc1ccccc1)C2. The molecule has 0 aliphatic carbocycles. The Balaban J connectivity index is 1.85. The quantitative estimate of drug-likeness (QED) is 0.658. The van der Waals surface area contributed by atoms with E-state index in [1.807, 2.05) is 43.3 Å². The zero-order valence-electron chi connectivity index (χ0n) is 15.4. The minimum atomic E-state index is -0.0536. The lowest BCUT2D eigenvalue weighted by Crippen LogP contribution is -2.23. The smallest absolute Gasteiger partial charge is 0.257 e. The first-order valence-electron chi connectivity index (χ1n) is 9.00. The van der Waals surface area contributed by atoms with E-state index in [1.165, 1.54) is 0 Å². The normalized spacial score (nSPS) is 13.1. The van der Waals surface area contributed by atoms with Gasteiger partial charge in [-0.05, 0) is 30.2 Å². The summed E-state index contributed by atoms with van der Waals surface area (Å²) in [7, 11) is 0. The standard InChI is InChI=1S/C22H19Cl2N3O/c1-13-17(10-25)20(16-8-7-15(23)9-18(16)24)21-19(26-13)12-27(22(21)28)11-14-5-3-2-4-6-14/h2-9H,10-12,25H2,1H3. The van der Waals surface area contributed by atoms with Crippen LogP contribution >= 0.6 is 23.2 Å². The van der Waals surface area contributed by atoms with Gasteiger partial charge >= 0.3 is 0 Å². The molecule has 0 saturated heterocycles. The Morgan fingerprint density at radius 1 is 1.11 bits per heavy atom. The molecule has 6 heteroatoms. The summed E-state index contributed by atoms with van der Waals surface area (Å²) in [6.45, 7) is 3.18. The summed E-state index contributed by atoms with van der Waals surface area (Å²) in [5.41, 5.74) is 11.6. The topological polar surface area (TPSA) is 59.2 Å². The molecule has 0 bridgehead atoms. The molecule has 2 heterocycles. The third-order valence-electron chi connectivity index (χ3n) is 5.04. The van der Waals surface area contributed by atoms with Crippen LogP contribution < -0.4 is 5.73 Å². The predicted molar refractivity (Wildman–Crippen MR) is 112 cm³/mol. The van der Waals surface area contributed by atoms with Crippen LogP contribution in [-0.4, -0.2) is 15.8 Å². The first-order valence-corrected chi connectivity index (χ1v) is 9.76. The van der Waals surface area contributed by atoms with Crippen molar-refractivity contribution in [2.45, 2.75) is 26.6 Å². The lowest BCUT2D eigenvalue weighted by Gasteiger charge is -2.17. The molecule has 2 aromatic carbocycles. The molecule has 0 atom stereocenters. The summed E-state index contributed by atoms with van der Waals surface area (Å²) in [6.07, 6.45) is 0. The van der Waals surface area contributed by atoms with Gasteiger partial charge in [-0.1, -0.05) is 59.6 Å². The summed E-state index contributed by atoms with van der Waals surface area (Å²) in [5.74, 6) is -0.0536. The lowest BCUT2D eigenvalue weighted by atomic mass is 9.93. The first kappa shape index (κ1) is 18.9. The Bertz CT molecular complexity index is 1070. The monoisotopic (exact) mass is 411 g/mol. The van der Waals surface area contributed by atoms with Crippen LogP contribution in [0.4, 0.5) is 0 Å². The average Bonchev–Trinajstić information content (AvgIpc) is 2.97. The molecule has 3 aromatic rings. The minimum absolute atomic E-state index is 0.0536. The van der Waals surface area contributed by atoms with E-state index in [1.54, 1.807) is 17.0 Å². The van der Waals surface area contributed by atoms with Gasteiger partial charge in [0, 0.05) is 40.0 Å². The Kier molecular flexibility index (Phi) is 5.11. The number of halogens is 2. The molecule has 1 aromatic heterocycles. The number of benzene rings is 2. The Hall–Kier alpha value is -2.40. The number of carbonyl (C=O) groups is 1. The highest BCUT2D eigenvalue weighted by Gasteiger charge is 2.34. The molecule has 0 spiro atoms. The van der Waals surface area contributed by atoms with Gasteiger partial charge in [0.15, 0.2) is 0 Å². The van der Waals surface area contributed by atoms with Crippen molar-refractivity contribution >= 4 is 29.1 Å². The number of amides is 1. The van der Waals surface area contributed by atoms with E-state index in [4.69, 9.17) is 28.9 Å². The van der Waals surface area contributed by atoms with Gasteiger partial charge in [-0.2, -0.15) is 0 Å². The van der Waals surface area contributed by atoms with Gasteiger partial charge in [-0.3, -0.25) is 9.78 Å². The van der Waals surface area contributed by atoms with Gasteiger partial charge in [0.1, 0.15) is 0 Å². The average molecular weight is 412 g/mol. The zero-order chi connectivity index (χ0) is 19.8. The van der Waals surface area contributed by atoms with Crippen molar-refractivity contribution in [1.82, 2.24) is 9.88 Å². The van der Waals surface area contributed by atoms with Crippen LogP contribution in [0.5, 0.6) is 0 Å². The Morgan fingerprint density at radius 3 is 2.54 bits per heavy atom. The van der Waals surface area contributed by atoms with Crippen LogP contribution in [0.1, 0.15) is 32.9 Å². The van der Waals surface area contributed by atoms with Gasteiger partial charge in [-0.25, -0.2) is 0 Å². The molecule has 0 saturated carbocycles. The number of pyridine rings is 1. The summed E-state index contributed by atoms with van der Waals surface area (Å²) in [6, 6.07) is 15.2. The molecule has 0 fully saturated rings. The number of hydrogen-bond donors (Lipinski definition) is 1. The molecular weight excluding hydrogens is 393 g/mol. The predicted octanol–water partition coefficient (Wildman–Crippen LogP) is 4.98. The van der Waals surface area contributed by atoms with E-state index < -0.39 is 0 Å². The summed E-state index contributed by atoms with van der Waals surface area (Å²) >= 11 is 12.6. The van der Waals surface area contributed by atoms with Crippen LogP contribution in [0, 0.1) is 6.92 Å². The van der Waals surface area contributed by atoms with E-state index >= 15 is 0 Å². The fourth-order valence-electron chi connectivity index (χ4n) is 3.73. The maximum absolute atomic E-state index is 13.3. The fraction of sp³-hybridized carbons (Fsp3) is 0.182. The highest BCUT2D eigenvalue weighted by Crippen LogP contribution is 2.40. The van der Waals surface area contributed by atoms with Crippen molar-refractivity contribution in [3.63, 3.8) is 0 Å². The maximum atomic E-state index is 13.3. The molecule has 2 N–H and O–H groups in total. The first-order chi connectivity index (χ1) is 13.5. The molecular formula is C22H19Cl2N3O. The number of carbonyl (C=O) groups excluding carboxylic acids is 1. The lowest BCUT2D eigenvalue weighted by molar-refractivity contribution is 0.0767. The molecule has 142 valence electrons. The van der Waals surface area contributed by atoms with Crippen LogP contribution in [0.25, 0.3) is 11.1 Å². The second-order valence-electron chi connectivity index (χ2n) is 6.85. The number of nitrogens with zero attached hydrogens (tertiary/aromatic N) is 2. The van der Waals surface area contributed by atoms with Gasteiger partial charge in [0.2, 0.25) is 0 Å². The van der Waals surface area contributed by atoms with Crippen molar-refractivity contribution in [3.05, 3.63) is 86.7 Å². The van der Waals surface area contributed by atoms with E-state index in [-0.39, 0.29) is 12.5 Å². The second-order valence-corrected chi connectivity index (χ2v) is 7.69. The maximum Gasteiger partial charge on any atom is 0.257 e.